The lowest BCUT2D eigenvalue weighted by molar-refractivity contribution is 0.669. The van der Waals surface area contributed by atoms with E-state index in [4.69, 9.17) is 19.4 Å². The SMILES string of the molecule is c1ccc2cc(-c3cccc4oc5ccccc5c34)c(-c3nc(-c4cccc5ccccc45)nc(-c4cccc5sc6ccccc6c45)n3)cc2c1. The zero-order valence-electron chi connectivity index (χ0n) is 27.7. The summed E-state index contributed by atoms with van der Waals surface area (Å²) in [6.07, 6.45) is 0. The van der Waals surface area contributed by atoms with Crippen LogP contribution >= 0.6 is 11.3 Å². The number of thiophene rings is 1. The van der Waals surface area contributed by atoms with Gasteiger partial charge in [0.05, 0.1) is 0 Å². The van der Waals surface area contributed by atoms with E-state index in [0.717, 1.165) is 76.7 Å². The highest BCUT2D eigenvalue weighted by Gasteiger charge is 2.22. The van der Waals surface area contributed by atoms with Crippen molar-refractivity contribution in [1.29, 1.82) is 0 Å². The number of fused-ring (bicyclic) bond motifs is 8. The van der Waals surface area contributed by atoms with Crippen molar-refractivity contribution in [2.75, 3.05) is 0 Å². The fourth-order valence-electron chi connectivity index (χ4n) is 7.77. The van der Waals surface area contributed by atoms with Crippen LogP contribution in [0.25, 0.3) is 109 Å². The Kier molecular flexibility index (Phi) is 6.39. The van der Waals surface area contributed by atoms with Crippen molar-refractivity contribution in [3.05, 3.63) is 164 Å². The van der Waals surface area contributed by atoms with Crippen LogP contribution in [0.5, 0.6) is 0 Å². The van der Waals surface area contributed by atoms with Gasteiger partial charge in [-0.25, -0.2) is 15.0 Å². The molecule has 0 amide bonds. The van der Waals surface area contributed by atoms with Gasteiger partial charge in [-0.15, -0.1) is 11.3 Å². The van der Waals surface area contributed by atoms with Gasteiger partial charge in [0.15, 0.2) is 17.5 Å². The molecule has 0 aliphatic carbocycles. The number of nitrogens with zero attached hydrogens (tertiary/aromatic N) is 3. The second-order valence-corrected chi connectivity index (χ2v) is 14.2. The largest absolute Gasteiger partial charge is 0.456 e. The van der Waals surface area contributed by atoms with Gasteiger partial charge in [-0.2, -0.15) is 0 Å². The molecule has 0 aliphatic rings. The zero-order chi connectivity index (χ0) is 34.2. The summed E-state index contributed by atoms with van der Waals surface area (Å²) in [4.78, 5) is 16.1. The van der Waals surface area contributed by atoms with Gasteiger partial charge in [-0.3, -0.25) is 0 Å². The normalized spacial score (nSPS) is 11.8. The molecule has 5 heteroatoms. The smallest absolute Gasteiger partial charge is 0.164 e. The summed E-state index contributed by atoms with van der Waals surface area (Å²) in [5.41, 5.74) is 6.72. The minimum atomic E-state index is 0.620. The van der Waals surface area contributed by atoms with E-state index in [1.807, 2.05) is 18.2 Å². The standard InChI is InChI=1S/C47H27N3OS/c1-2-14-30-27-38(37(26-29(30)13-1)32-19-10-23-40-43(32)34-17-5-7-22-39(34)51-40)47-49-45(33-20-9-15-28-12-3-4-16-31(28)33)48-46(50-47)36-21-11-25-42-44(36)35-18-6-8-24-41(35)52-42/h1-27H. The minimum absolute atomic E-state index is 0.620. The van der Waals surface area contributed by atoms with Crippen LogP contribution in [0, 0.1) is 0 Å². The highest BCUT2D eigenvalue weighted by atomic mass is 32.1. The molecule has 0 saturated carbocycles. The first-order valence-electron chi connectivity index (χ1n) is 17.4. The Morgan fingerprint density at radius 3 is 1.73 bits per heavy atom. The topological polar surface area (TPSA) is 51.8 Å². The number of para-hydroxylation sites is 1. The molecule has 3 aromatic heterocycles. The molecule has 3 heterocycles. The second kappa shape index (κ2) is 11.4. The molecular weight excluding hydrogens is 655 g/mol. The number of rotatable bonds is 4. The predicted molar refractivity (Wildman–Crippen MR) is 217 cm³/mol. The molecule has 11 rings (SSSR count). The van der Waals surface area contributed by atoms with Gasteiger partial charge in [0.2, 0.25) is 0 Å². The third kappa shape index (κ3) is 4.50. The van der Waals surface area contributed by atoms with Crippen LogP contribution in [0.3, 0.4) is 0 Å². The van der Waals surface area contributed by atoms with Crippen LogP contribution < -0.4 is 0 Å². The Labute approximate surface area is 302 Å². The molecule has 0 atom stereocenters. The number of benzene rings is 8. The summed E-state index contributed by atoms with van der Waals surface area (Å²) >= 11 is 1.80. The highest BCUT2D eigenvalue weighted by molar-refractivity contribution is 7.25. The van der Waals surface area contributed by atoms with E-state index in [9.17, 15) is 0 Å². The first kappa shape index (κ1) is 29.1. The van der Waals surface area contributed by atoms with Crippen molar-refractivity contribution in [2.24, 2.45) is 0 Å². The van der Waals surface area contributed by atoms with Gasteiger partial charge in [0.1, 0.15) is 11.2 Å². The van der Waals surface area contributed by atoms with E-state index >= 15 is 0 Å². The van der Waals surface area contributed by atoms with Crippen molar-refractivity contribution < 1.29 is 4.42 Å². The minimum Gasteiger partial charge on any atom is -0.456 e. The van der Waals surface area contributed by atoms with E-state index in [0.29, 0.717) is 17.5 Å². The van der Waals surface area contributed by atoms with Crippen LogP contribution in [0.15, 0.2) is 168 Å². The van der Waals surface area contributed by atoms with E-state index in [1.54, 1.807) is 11.3 Å². The summed E-state index contributed by atoms with van der Waals surface area (Å²) in [5.74, 6) is 1.91. The van der Waals surface area contributed by atoms with Crippen molar-refractivity contribution in [3.8, 4) is 45.3 Å². The Hall–Kier alpha value is -6.69. The van der Waals surface area contributed by atoms with Gasteiger partial charge in [-0.05, 0) is 69.1 Å². The van der Waals surface area contributed by atoms with Crippen molar-refractivity contribution >= 4 is 75.0 Å². The average Bonchev–Trinajstić information content (AvgIpc) is 3.79. The maximum Gasteiger partial charge on any atom is 0.164 e. The number of aromatic nitrogens is 3. The fraction of sp³-hybridized carbons (Fsp3) is 0. The Bertz CT molecular complexity index is 3210. The molecule has 242 valence electrons. The second-order valence-electron chi connectivity index (χ2n) is 13.1. The number of hydrogen-bond acceptors (Lipinski definition) is 5. The van der Waals surface area contributed by atoms with Gasteiger partial charge < -0.3 is 4.42 Å². The lowest BCUT2D eigenvalue weighted by Gasteiger charge is -2.15. The predicted octanol–water partition coefficient (Wildman–Crippen LogP) is 13.1. The van der Waals surface area contributed by atoms with Crippen LogP contribution in [0.2, 0.25) is 0 Å². The van der Waals surface area contributed by atoms with Crippen LogP contribution in [-0.2, 0) is 0 Å². The third-order valence-electron chi connectivity index (χ3n) is 10.1. The monoisotopic (exact) mass is 681 g/mol. The molecule has 0 N–H and O–H groups in total. The Balaban J connectivity index is 1.26. The molecule has 8 aromatic carbocycles. The van der Waals surface area contributed by atoms with Gasteiger partial charge in [-0.1, -0.05) is 127 Å². The maximum absolute atomic E-state index is 6.37. The van der Waals surface area contributed by atoms with Gasteiger partial charge in [0.25, 0.3) is 0 Å². The van der Waals surface area contributed by atoms with E-state index in [-0.39, 0.29) is 0 Å². The number of furan rings is 1. The Morgan fingerprint density at radius 2 is 0.885 bits per heavy atom. The summed E-state index contributed by atoms with van der Waals surface area (Å²) in [6, 6.07) is 57.4. The molecule has 11 aromatic rings. The van der Waals surface area contributed by atoms with Crippen molar-refractivity contribution in [3.63, 3.8) is 0 Å². The van der Waals surface area contributed by atoms with E-state index in [1.165, 1.54) is 14.8 Å². The van der Waals surface area contributed by atoms with Gasteiger partial charge in [0, 0.05) is 47.6 Å². The first-order chi connectivity index (χ1) is 25.8. The third-order valence-corrected chi connectivity index (χ3v) is 11.3. The summed E-state index contributed by atoms with van der Waals surface area (Å²) in [7, 11) is 0. The first-order valence-corrected chi connectivity index (χ1v) is 18.2. The fourth-order valence-corrected chi connectivity index (χ4v) is 8.90. The molecule has 0 unspecified atom stereocenters. The lowest BCUT2D eigenvalue weighted by Crippen LogP contribution is -2.02. The van der Waals surface area contributed by atoms with Crippen LogP contribution in [0.4, 0.5) is 0 Å². The molecule has 0 radical (unpaired) electrons. The quantitative estimate of drug-likeness (QED) is 0.185. The van der Waals surface area contributed by atoms with Crippen LogP contribution in [0.1, 0.15) is 0 Å². The lowest BCUT2D eigenvalue weighted by atomic mass is 9.92. The van der Waals surface area contributed by atoms with Crippen molar-refractivity contribution in [1.82, 2.24) is 15.0 Å². The van der Waals surface area contributed by atoms with E-state index in [2.05, 4.69) is 146 Å². The van der Waals surface area contributed by atoms with E-state index < -0.39 is 0 Å². The number of hydrogen-bond donors (Lipinski definition) is 0. The Morgan fingerprint density at radius 1 is 0.346 bits per heavy atom. The molecule has 0 bridgehead atoms. The van der Waals surface area contributed by atoms with Gasteiger partial charge >= 0.3 is 0 Å². The molecule has 0 spiro atoms. The molecule has 4 nitrogen and oxygen atoms in total. The van der Waals surface area contributed by atoms with Crippen LogP contribution in [-0.4, -0.2) is 15.0 Å². The maximum atomic E-state index is 6.37. The molecular formula is C47H27N3OS. The average molecular weight is 682 g/mol. The highest BCUT2D eigenvalue weighted by Crippen LogP contribution is 2.44. The summed E-state index contributed by atoms with van der Waals surface area (Å²) in [5, 5.41) is 9.02. The molecule has 0 aliphatic heterocycles. The summed E-state index contributed by atoms with van der Waals surface area (Å²) in [6.45, 7) is 0. The molecule has 0 fully saturated rings. The molecule has 0 saturated heterocycles. The van der Waals surface area contributed by atoms with Crippen molar-refractivity contribution in [2.45, 2.75) is 0 Å². The zero-order valence-corrected chi connectivity index (χ0v) is 28.6. The molecule has 52 heavy (non-hydrogen) atoms. The summed E-state index contributed by atoms with van der Waals surface area (Å²) < 4.78 is 8.82.